The second-order valence-electron chi connectivity index (χ2n) is 4.58. The van der Waals surface area contributed by atoms with Crippen LogP contribution < -0.4 is 15.4 Å². The number of nitro groups is 1. The number of ether oxygens (including phenoxy) is 1. The second-order valence-corrected chi connectivity index (χ2v) is 4.58. The second kappa shape index (κ2) is 7.68. The molecule has 2 amide bonds. The van der Waals surface area contributed by atoms with Crippen molar-refractivity contribution in [3.8, 4) is 5.75 Å². The fourth-order valence-corrected chi connectivity index (χ4v) is 1.82. The van der Waals surface area contributed by atoms with E-state index in [1.54, 1.807) is 24.3 Å². The Morgan fingerprint density at radius 3 is 2.58 bits per heavy atom. The minimum atomic E-state index is -0.690. The van der Waals surface area contributed by atoms with Crippen molar-refractivity contribution in [2.75, 3.05) is 19.0 Å². The molecule has 0 aliphatic carbocycles. The third kappa shape index (κ3) is 4.26. The third-order valence-electron chi connectivity index (χ3n) is 2.94. The van der Waals surface area contributed by atoms with E-state index >= 15 is 0 Å². The smallest absolute Gasteiger partial charge is 0.406 e. The standard InChI is InChI=1S/C15H14N4O5/c1-16-15(21)10-4-6-11(7-5-10)18-13(20)9-24-12-3-2-8-17-14(12)19(22)23/h2-8H,9H2,1H3,(H,16,21)(H,18,20). The maximum atomic E-state index is 11.8. The molecule has 0 radical (unpaired) electrons. The van der Waals surface area contributed by atoms with Crippen LogP contribution in [0.25, 0.3) is 0 Å². The average Bonchev–Trinajstić information content (AvgIpc) is 2.60. The lowest BCUT2D eigenvalue weighted by atomic mass is 10.2. The fourth-order valence-electron chi connectivity index (χ4n) is 1.82. The molecule has 0 spiro atoms. The number of nitrogens with zero attached hydrogens (tertiary/aromatic N) is 2. The van der Waals surface area contributed by atoms with Gasteiger partial charge in [0, 0.05) is 18.3 Å². The first-order chi connectivity index (χ1) is 11.5. The minimum Gasteiger partial charge on any atom is -0.476 e. The van der Waals surface area contributed by atoms with Crippen molar-refractivity contribution in [1.29, 1.82) is 0 Å². The van der Waals surface area contributed by atoms with Gasteiger partial charge in [0.2, 0.25) is 5.75 Å². The molecule has 2 N–H and O–H groups in total. The number of anilines is 1. The fraction of sp³-hybridized carbons (Fsp3) is 0.133. The van der Waals surface area contributed by atoms with Gasteiger partial charge in [0.25, 0.3) is 11.8 Å². The van der Waals surface area contributed by atoms with Gasteiger partial charge in [-0.2, -0.15) is 0 Å². The Kier molecular flexibility index (Phi) is 5.40. The van der Waals surface area contributed by atoms with Gasteiger partial charge in [0.05, 0.1) is 0 Å². The predicted octanol–water partition coefficient (Wildman–Crippen LogP) is 1.37. The minimum absolute atomic E-state index is 0.0902. The molecule has 9 nitrogen and oxygen atoms in total. The van der Waals surface area contributed by atoms with Gasteiger partial charge in [-0.25, -0.2) is 0 Å². The SMILES string of the molecule is CNC(=O)c1ccc(NC(=O)COc2cccnc2[N+](=O)[O-])cc1. The number of carbonyl (C=O) groups is 2. The summed E-state index contributed by atoms with van der Waals surface area (Å²) < 4.78 is 5.13. The molecule has 1 aromatic heterocycles. The number of benzene rings is 1. The van der Waals surface area contributed by atoms with Crippen molar-refractivity contribution < 1.29 is 19.2 Å². The summed E-state index contributed by atoms with van der Waals surface area (Å²) in [4.78, 5) is 36.9. The maximum absolute atomic E-state index is 11.8. The average molecular weight is 330 g/mol. The van der Waals surface area contributed by atoms with Crippen molar-refractivity contribution >= 4 is 23.3 Å². The Hall–Kier alpha value is -3.49. The number of amides is 2. The molecule has 0 saturated carbocycles. The van der Waals surface area contributed by atoms with E-state index in [4.69, 9.17) is 4.74 Å². The van der Waals surface area contributed by atoms with E-state index in [-0.39, 0.29) is 11.7 Å². The predicted molar refractivity (Wildman–Crippen MR) is 84.8 cm³/mol. The van der Waals surface area contributed by atoms with Crippen molar-refractivity contribution in [2.45, 2.75) is 0 Å². The Morgan fingerprint density at radius 2 is 1.96 bits per heavy atom. The van der Waals surface area contributed by atoms with Crippen molar-refractivity contribution in [2.24, 2.45) is 0 Å². The highest BCUT2D eigenvalue weighted by Gasteiger charge is 2.16. The number of pyridine rings is 1. The summed E-state index contributed by atoms with van der Waals surface area (Å²) in [6.45, 7) is -0.413. The van der Waals surface area contributed by atoms with Gasteiger partial charge in [0.15, 0.2) is 6.61 Å². The number of carbonyl (C=O) groups excluding carboxylic acids is 2. The number of hydrogen-bond acceptors (Lipinski definition) is 6. The highest BCUT2D eigenvalue weighted by Crippen LogP contribution is 2.22. The molecule has 0 aliphatic heterocycles. The number of rotatable bonds is 6. The summed E-state index contributed by atoms with van der Waals surface area (Å²) in [5.74, 6) is -1.28. The van der Waals surface area contributed by atoms with Gasteiger partial charge in [0.1, 0.15) is 6.20 Å². The van der Waals surface area contributed by atoms with E-state index in [0.29, 0.717) is 11.3 Å². The van der Waals surface area contributed by atoms with E-state index in [9.17, 15) is 19.7 Å². The zero-order chi connectivity index (χ0) is 17.5. The molecule has 0 aliphatic rings. The molecular formula is C15H14N4O5. The van der Waals surface area contributed by atoms with E-state index in [1.807, 2.05) is 0 Å². The molecule has 2 aromatic rings. The lowest BCUT2D eigenvalue weighted by Gasteiger charge is -2.08. The van der Waals surface area contributed by atoms with E-state index < -0.39 is 23.3 Å². The van der Waals surface area contributed by atoms with Crippen LogP contribution in [0.5, 0.6) is 5.75 Å². The molecule has 0 fully saturated rings. The summed E-state index contributed by atoms with van der Waals surface area (Å²) in [6.07, 6.45) is 1.26. The molecule has 9 heteroatoms. The summed E-state index contributed by atoms with van der Waals surface area (Å²) in [5, 5.41) is 15.8. The van der Waals surface area contributed by atoms with Gasteiger partial charge < -0.3 is 25.5 Å². The Balaban J connectivity index is 1.94. The van der Waals surface area contributed by atoms with Crippen LogP contribution >= 0.6 is 0 Å². The monoisotopic (exact) mass is 330 g/mol. The normalized spacial score (nSPS) is 9.88. The topological polar surface area (TPSA) is 123 Å². The van der Waals surface area contributed by atoms with E-state index in [2.05, 4.69) is 15.6 Å². The summed E-state index contributed by atoms with van der Waals surface area (Å²) in [5.41, 5.74) is 0.926. The zero-order valence-corrected chi connectivity index (χ0v) is 12.7. The highest BCUT2D eigenvalue weighted by atomic mass is 16.6. The molecule has 1 heterocycles. The Bertz CT molecular complexity index is 761. The van der Waals surface area contributed by atoms with Crippen LogP contribution in [0.1, 0.15) is 10.4 Å². The van der Waals surface area contributed by atoms with Gasteiger partial charge in [-0.05, 0) is 46.3 Å². The molecule has 0 unspecified atom stereocenters. The Morgan fingerprint density at radius 1 is 1.25 bits per heavy atom. The van der Waals surface area contributed by atoms with Crippen molar-refractivity contribution in [3.63, 3.8) is 0 Å². The largest absolute Gasteiger partial charge is 0.476 e. The van der Waals surface area contributed by atoms with Gasteiger partial charge in [-0.3, -0.25) is 9.59 Å². The molecule has 2 rings (SSSR count). The first-order valence-electron chi connectivity index (χ1n) is 6.85. The van der Waals surface area contributed by atoms with Gasteiger partial charge >= 0.3 is 5.82 Å². The first kappa shape index (κ1) is 16.9. The van der Waals surface area contributed by atoms with Crippen molar-refractivity contribution in [1.82, 2.24) is 10.3 Å². The summed E-state index contributed by atoms with van der Waals surface area (Å²) in [7, 11) is 1.52. The van der Waals surface area contributed by atoms with E-state index in [1.165, 1.54) is 25.4 Å². The zero-order valence-electron chi connectivity index (χ0n) is 12.7. The number of aromatic nitrogens is 1. The van der Waals surface area contributed by atoms with Crippen LogP contribution in [0, 0.1) is 10.1 Å². The highest BCUT2D eigenvalue weighted by molar-refractivity contribution is 5.95. The van der Waals surface area contributed by atoms with Gasteiger partial charge in [-0.1, -0.05) is 0 Å². The maximum Gasteiger partial charge on any atom is 0.406 e. The van der Waals surface area contributed by atoms with Crippen molar-refractivity contribution in [3.05, 3.63) is 58.3 Å². The number of nitrogens with one attached hydrogen (secondary N) is 2. The van der Waals surface area contributed by atoms with Crippen LogP contribution in [0.2, 0.25) is 0 Å². The van der Waals surface area contributed by atoms with E-state index in [0.717, 1.165) is 0 Å². The molecule has 0 saturated heterocycles. The third-order valence-corrected chi connectivity index (χ3v) is 2.94. The molecule has 24 heavy (non-hydrogen) atoms. The summed E-state index contributed by atoms with van der Waals surface area (Å²) >= 11 is 0. The quantitative estimate of drug-likeness (QED) is 0.609. The van der Waals surface area contributed by atoms with Crippen LogP contribution in [-0.2, 0) is 4.79 Å². The van der Waals surface area contributed by atoms with Gasteiger partial charge in [-0.15, -0.1) is 0 Å². The molecule has 1 aromatic carbocycles. The van der Waals surface area contributed by atoms with Crippen LogP contribution in [0.3, 0.4) is 0 Å². The molecule has 124 valence electrons. The lowest BCUT2D eigenvalue weighted by molar-refractivity contribution is -0.390. The molecule has 0 atom stereocenters. The number of hydrogen-bond donors (Lipinski definition) is 2. The molecular weight excluding hydrogens is 316 g/mol. The van der Waals surface area contributed by atoms with Crippen LogP contribution in [0.15, 0.2) is 42.6 Å². The molecule has 0 bridgehead atoms. The van der Waals surface area contributed by atoms with Crippen LogP contribution in [-0.4, -0.2) is 35.4 Å². The first-order valence-corrected chi connectivity index (χ1v) is 6.85. The lowest BCUT2D eigenvalue weighted by Crippen LogP contribution is -2.21. The van der Waals surface area contributed by atoms with Crippen LogP contribution in [0.4, 0.5) is 11.5 Å². The Labute approximate surface area is 136 Å². The summed E-state index contributed by atoms with van der Waals surface area (Å²) in [6, 6.07) is 9.07.